The van der Waals surface area contributed by atoms with Crippen molar-refractivity contribution in [3.63, 3.8) is 0 Å². The van der Waals surface area contributed by atoms with Crippen molar-refractivity contribution in [3.8, 4) is 0 Å². The molecule has 21 heavy (non-hydrogen) atoms. The standard InChI is InChI=1S/C14H20N2O4S/c1-21(18,19)13-6-4-11(5-7-13)9-15-14(17)16-10-12-3-2-8-20-12/h4-7,12H,2-3,8-10H2,1H3,(H2,15,16,17)/t12-/m1/s1. The van der Waals surface area contributed by atoms with Gasteiger partial charge in [-0.25, -0.2) is 13.2 Å². The molecule has 7 heteroatoms. The molecule has 1 atom stereocenters. The van der Waals surface area contributed by atoms with Gasteiger partial charge in [0.05, 0.1) is 11.0 Å². The summed E-state index contributed by atoms with van der Waals surface area (Å²) in [5, 5.41) is 5.49. The van der Waals surface area contributed by atoms with Gasteiger partial charge in [0.1, 0.15) is 0 Å². The summed E-state index contributed by atoms with van der Waals surface area (Å²) in [4.78, 5) is 11.9. The van der Waals surface area contributed by atoms with E-state index < -0.39 is 9.84 Å². The Morgan fingerprint density at radius 3 is 2.57 bits per heavy atom. The number of carbonyl (C=O) groups excluding carboxylic acids is 1. The van der Waals surface area contributed by atoms with Crippen molar-refractivity contribution in [1.82, 2.24) is 10.6 Å². The van der Waals surface area contributed by atoms with E-state index in [0.29, 0.717) is 13.1 Å². The number of sulfone groups is 1. The molecule has 116 valence electrons. The zero-order valence-electron chi connectivity index (χ0n) is 12.0. The van der Waals surface area contributed by atoms with E-state index in [4.69, 9.17) is 4.74 Å². The van der Waals surface area contributed by atoms with E-state index in [0.717, 1.165) is 25.0 Å². The van der Waals surface area contributed by atoms with Crippen LogP contribution in [0.3, 0.4) is 0 Å². The second kappa shape index (κ2) is 6.91. The highest BCUT2D eigenvalue weighted by Crippen LogP contribution is 2.11. The van der Waals surface area contributed by atoms with Gasteiger partial charge in [0.25, 0.3) is 0 Å². The van der Waals surface area contributed by atoms with Crippen molar-refractivity contribution in [2.75, 3.05) is 19.4 Å². The molecule has 1 heterocycles. The molecule has 1 saturated heterocycles. The minimum atomic E-state index is -3.18. The Kier molecular flexibility index (Phi) is 5.19. The van der Waals surface area contributed by atoms with Crippen LogP contribution in [-0.2, 0) is 21.1 Å². The van der Waals surface area contributed by atoms with E-state index in [-0.39, 0.29) is 17.0 Å². The van der Waals surface area contributed by atoms with Gasteiger partial charge in [0, 0.05) is 26.0 Å². The maximum atomic E-state index is 11.6. The first-order valence-corrected chi connectivity index (χ1v) is 8.76. The minimum absolute atomic E-state index is 0.116. The molecule has 0 saturated carbocycles. The molecule has 0 bridgehead atoms. The summed E-state index contributed by atoms with van der Waals surface area (Å²) in [6.07, 6.45) is 3.30. The fourth-order valence-corrected chi connectivity index (χ4v) is 2.74. The van der Waals surface area contributed by atoms with Crippen molar-refractivity contribution < 1.29 is 17.9 Å². The number of rotatable bonds is 5. The summed E-state index contributed by atoms with van der Waals surface area (Å²) < 4.78 is 28.1. The summed E-state index contributed by atoms with van der Waals surface area (Å²) >= 11 is 0. The Balaban J connectivity index is 1.75. The quantitative estimate of drug-likeness (QED) is 0.852. The zero-order valence-corrected chi connectivity index (χ0v) is 12.8. The van der Waals surface area contributed by atoms with Gasteiger partial charge in [-0.05, 0) is 30.5 Å². The van der Waals surface area contributed by atoms with Gasteiger partial charge in [-0.1, -0.05) is 12.1 Å². The van der Waals surface area contributed by atoms with Crippen LogP contribution >= 0.6 is 0 Å². The molecule has 1 fully saturated rings. The molecule has 0 unspecified atom stereocenters. The number of amides is 2. The van der Waals surface area contributed by atoms with Crippen LogP contribution in [0.5, 0.6) is 0 Å². The largest absolute Gasteiger partial charge is 0.376 e. The number of nitrogens with one attached hydrogen (secondary N) is 2. The van der Waals surface area contributed by atoms with Crippen LogP contribution in [-0.4, -0.2) is 40.0 Å². The Morgan fingerprint density at radius 1 is 1.29 bits per heavy atom. The van der Waals surface area contributed by atoms with Gasteiger partial charge in [0.2, 0.25) is 0 Å². The molecule has 2 N–H and O–H groups in total. The van der Waals surface area contributed by atoms with E-state index in [9.17, 15) is 13.2 Å². The molecular formula is C14H20N2O4S. The second-order valence-electron chi connectivity index (χ2n) is 5.11. The minimum Gasteiger partial charge on any atom is -0.376 e. The lowest BCUT2D eigenvalue weighted by atomic mass is 10.2. The number of carbonyl (C=O) groups is 1. The topological polar surface area (TPSA) is 84.5 Å². The van der Waals surface area contributed by atoms with E-state index in [1.54, 1.807) is 12.1 Å². The van der Waals surface area contributed by atoms with Crippen LogP contribution in [0.15, 0.2) is 29.2 Å². The molecule has 0 spiro atoms. The molecule has 6 nitrogen and oxygen atoms in total. The third-order valence-electron chi connectivity index (χ3n) is 3.32. The highest BCUT2D eigenvalue weighted by molar-refractivity contribution is 7.90. The molecule has 0 aliphatic carbocycles. The Labute approximate surface area is 124 Å². The summed E-state index contributed by atoms with van der Waals surface area (Å²) in [5.41, 5.74) is 0.842. The van der Waals surface area contributed by atoms with Crippen molar-refractivity contribution in [1.29, 1.82) is 0 Å². The first-order chi connectivity index (χ1) is 9.95. The third-order valence-corrected chi connectivity index (χ3v) is 4.45. The lowest BCUT2D eigenvalue weighted by Gasteiger charge is -2.11. The predicted molar refractivity (Wildman–Crippen MR) is 78.8 cm³/mol. The molecule has 2 amide bonds. The van der Waals surface area contributed by atoms with Gasteiger partial charge in [-0.15, -0.1) is 0 Å². The maximum Gasteiger partial charge on any atom is 0.315 e. The highest BCUT2D eigenvalue weighted by Gasteiger charge is 2.15. The SMILES string of the molecule is CS(=O)(=O)c1ccc(CNC(=O)NC[C@H]2CCCO2)cc1. The molecule has 0 aromatic heterocycles. The lowest BCUT2D eigenvalue weighted by molar-refractivity contribution is 0.111. The van der Waals surface area contributed by atoms with Crippen LogP contribution < -0.4 is 10.6 Å². The maximum absolute atomic E-state index is 11.6. The summed E-state index contributed by atoms with van der Waals surface area (Å²) in [6.45, 7) is 1.63. The van der Waals surface area contributed by atoms with Crippen molar-refractivity contribution in [2.45, 2.75) is 30.4 Å². The van der Waals surface area contributed by atoms with Crippen molar-refractivity contribution in [3.05, 3.63) is 29.8 Å². The molecule has 0 radical (unpaired) electrons. The van der Waals surface area contributed by atoms with E-state index in [2.05, 4.69) is 10.6 Å². The zero-order chi connectivity index (χ0) is 15.3. The van der Waals surface area contributed by atoms with E-state index >= 15 is 0 Å². The number of hydrogen-bond donors (Lipinski definition) is 2. The van der Waals surface area contributed by atoms with Crippen LogP contribution in [0, 0.1) is 0 Å². The molecular weight excluding hydrogens is 292 g/mol. The van der Waals surface area contributed by atoms with Crippen LogP contribution in [0.25, 0.3) is 0 Å². The predicted octanol–water partition coefficient (Wildman–Crippen LogP) is 1.07. The summed E-state index contributed by atoms with van der Waals surface area (Å²) in [5.74, 6) is 0. The van der Waals surface area contributed by atoms with Gasteiger partial charge in [-0.2, -0.15) is 0 Å². The fraction of sp³-hybridized carbons (Fsp3) is 0.500. The van der Waals surface area contributed by atoms with Gasteiger partial charge >= 0.3 is 6.03 Å². The third kappa shape index (κ3) is 5.02. The highest BCUT2D eigenvalue weighted by atomic mass is 32.2. The average Bonchev–Trinajstić information content (AvgIpc) is 2.95. The lowest BCUT2D eigenvalue weighted by Crippen LogP contribution is -2.39. The number of benzene rings is 1. The summed E-state index contributed by atoms with van der Waals surface area (Å²) in [6, 6.07) is 6.21. The Morgan fingerprint density at radius 2 is 2.00 bits per heavy atom. The molecule has 2 rings (SSSR count). The number of ether oxygens (including phenoxy) is 1. The molecule has 1 aromatic rings. The normalized spacial score (nSPS) is 18.4. The molecule has 1 aliphatic heterocycles. The van der Waals surface area contributed by atoms with Crippen molar-refractivity contribution >= 4 is 15.9 Å². The summed E-state index contributed by atoms with van der Waals surface area (Å²) in [7, 11) is -3.18. The van der Waals surface area contributed by atoms with Crippen LogP contribution in [0.4, 0.5) is 4.79 Å². The average molecular weight is 312 g/mol. The van der Waals surface area contributed by atoms with E-state index in [1.165, 1.54) is 18.4 Å². The smallest absolute Gasteiger partial charge is 0.315 e. The first-order valence-electron chi connectivity index (χ1n) is 6.87. The number of urea groups is 1. The first kappa shape index (κ1) is 15.8. The monoisotopic (exact) mass is 312 g/mol. The Hall–Kier alpha value is -1.60. The fourth-order valence-electron chi connectivity index (χ4n) is 2.11. The van der Waals surface area contributed by atoms with Crippen LogP contribution in [0.2, 0.25) is 0 Å². The van der Waals surface area contributed by atoms with Crippen LogP contribution in [0.1, 0.15) is 18.4 Å². The second-order valence-corrected chi connectivity index (χ2v) is 7.13. The molecule has 1 aromatic carbocycles. The molecule has 1 aliphatic rings. The Bertz CT molecular complexity index is 577. The van der Waals surface area contributed by atoms with E-state index in [1.807, 2.05) is 0 Å². The number of hydrogen-bond acceptors (Lipinski definition) is 4. The van der Waals surface area contributed by atoms with Gasteiger partial charge in [0.15, 0.2) is 9.84 Å². The van der Waals surface area contributed by atoms with Gasteiger partial charge < -0.3 is 15.4 Å². The van der Waals surface area contributed by atoms with Crippen molar-refractivity contribution in [2.24, 2.45) is 0 Å². The van der Waals surface area contributed by atoms with Gasteiger partial charge in [-0.3, -0.25) is 0 Å².